The van der Waals surface area contributed by atoms with Crippen molar-refractivity contribution >= 4 is 32.3 Å². The fraction of sp³-hybridized carbons (Fsp3) is 0. The molecule has 10 rings (SSSR count). The molecule has 0 radical (unpaired) electrons. The predicted molar refractivity (Wildman–Crippen MR) is 225 cm³/mol. The molecule has 0 N–H and O–H groups in total. The van der Waals surface area contributed by atoms with Gasteiger partial charge >= 0.3 is 0 Å². The molecule has 252 valence electrons. The highest BCUT2D eigenvalue weighted by Crippen LogP contribution is 2.37. The Kier molecular flexibility index (Phi) is 7.81. The fourth-order valence-electron chi connectivity index (χ4n) is 7.46. The first-order valence-corrected chi connectivity index (χ1v) is 18.3. The molecule has 0 fully saturated rings. The smallest absolute Gasteiger partial charge is 0.164 e. The van der Waals surface area contributed by atoms with Gasteiger partial charge in [-0.2, -0.15) is 0 Å². The molecule has 9 aromatic carbocycles. The number of rotatable bonds is 6. The van der Waals surface area contributed by atoms with E-state index in [9.17, 15) is 0 Å². The van der Waals surface area contributed by atoms with Gasteiger partial charge in [0.15, 0.2) is 17.5 Å². The molecule has 0 aliphatic rings. The summed E-state index contributed by atoms with van der Waals surface area (Å²) in [7, 11) is 0. The molecule has 0 saturated carbocycles. The van der Waals surface area contributed by atoms with E-state index in [2.05, 4.69) is 170 Å². The average Bonchev–Trinajstić information content (AvgIpc) is 3.26. The van der Waals surface area contributed by atoms with E-state index in [-0.39, 0.29) is 0 Å². The lowest BCUT2D eigenvalue weighted by Gasteiger charge is -2.13. The summed E-state index contributed by atoms with van der Waals surface area (Å²) in [4.78, 5) is 15.0. The van der Waals surface area contributed by atoms with Crippen LogP contribution in [0.5, 0.6) is 0 Å². The number of benzene rings is 9. The van der Waals surface area contributed by atoms with Crippen LogP contribution >= 0.6 is 0 Å². The summed E-state index contributed by atoms with van der Waals surface area (Å²) in [5.74, 6) is 1.95. The summed E-state index contributed by atoms with van der Waals surface area (Å²) in [6, 6.07) is 70.8. The zero-order valence-corrected chi connectivity index (χ0v) is 29.4. The lowest BCUT2D eigenvalue weighted by Crippen LogP contribution is -2.00. The lowest BCUT2D eigenvalue weighted by molar-refractivity contribution is 1.07. The highest BCUT2D eigenvalue weighted by molar-refractivity contribution is 6.02. The maximum absolute atomic E-state index is 5.05. The van der Waals surface area contributed by atoms with Crippen LogP contribution in [0, 0.1) is 0 Å². The molecule has 3 heteroatoms. The molecule has 0 saturated heterocycles. The van der Waals surface area contributed by atoms with Crippen molar-refractivity contribution in [2.45, 2.75) is 0 Å². The third kappa shape index (κ3) is 5.98. The minimum atomic E-state index is 0.643. The quantitative estimate of drug-likeness (QED) is 0.175. The topological polar surface area (TPSA) is 38.7 Å². The van der Waals surface area contributed by atoms with Crippen molar-refractivity contribution in [2.24, 2.45) is 0 Å². The Bertz CT molecular complexity index is 2990. The average molecular weight is 688 g/mol. The van der Waals surface area contributed by atoms with Gasteiger partial charge in [0.2, 0.25) is 0 Å². The summed E-state index contributed by atoms with van der Waals surface area (Å²) < 4.78 is 0. The second-order valence-corrected chi connectivity index (χ2v) is 13.7. The Morgan fingerprint density at radius 1 is 0.222 bits per heavy atom. The van der Waals surface area contributed by atoms with Crippen LogP contribution in [0.15, 0.2) is 200 Å². The van der Waals surface area contributed by atoms with Crippen molar-refractivity contribution < 1.29 is 0 Å². The minimum Gasteiger partial charge on any atom is -0.208 e. The molecule has 0 amide bonds. The summed E-state index contributed by atoms with van der Waals surface area (Å²) in [6.07, 6.45) is 0. The molecule has 0 atom stereocenters. The van der Waals surface area contributed by atoms with Crippen LogP contribution in [0.25, 0.3) is 99.9 Å². The second kappa shape index (κ2) is 13.4. The lowest BCUT2D eigenvalue weighted by atomic mass is 9.91. The van der Waals surface area contributed by atoms with Gasteiger partial charge < -0.3 is 0 Å². The van der Waals surface area contributed by atoms with E-state index in [0.717, 1.165) is 33.2 Å². The van der Waals surface area contributed by atoms with E-state index in [4.69, 9.17) is 15.0 Å². The SMILES string of the molecule is c1ccc(-c2cc(-c3ccc4cc(-c5cccc(-c6nc(-c7ccccc7)nc(-c7ccc8ccccc8c7)n6)c5)ccc4c3)c3ccccc3c2)cc1. The number of aromatic nitrogens is 3. The molecule has 1 heterocycles. The summed E-state index contributed by atoms with van der Waals surface area (Å²) in [5.41, 5.74) is 9.98. The maximum Gasteiger partial charge on any atom is 0.164 e. The van der Waals surface area contributed by atoms with Crippen LogP contribution in [-0.4, -0.2) is 15.0 Å². The zero-order valence-electron chi connectivity index (χ0n) is 29.4. The van der Waals surface area contributed by atoms with Crippen LogP contribution in [0.4, 0.5) is 0 Å². The Labute approximate surface area is 313 Å². The van der Waals surface area contributed by atoms with Crippen molar-refractivity contribution in [1.82, 2.24) is 15.0 Å². The number of nitrogens with zero attached hydrogens (tertiary/aromatic N) is 3. The molecule has 10 aromatic rings. The van der Waals surface area contributed by atoms with Crippen LogP contribution in [0.2, 0.25) is 0 Å². The molecule has 0 bridgehead atoms. The number of hydrogen-bond donors (Lipinski definition) is 0. The van der Waals surface area contributed by atoms with Gasteiger partial charge in [-0.05, 0) is 102 Å². The normalized spacial score (nSPS) is 11.3. The van der Waals surface area contributed by atoms with E-state index in [1.165, 1.54) is 49.2 Å². The molecule has 54 heavy (non-hydrogen) atoms. The molecule has 0 aliphatic heterocycles. The molecular weight excluding hydrogens is 655 g/mol. The Morgan fingerprint density at radius 2 is 0.667 bits per heavy atom. The molecule has 0 aliphatic carbocycles. The highest BCUT2D eigenvalue weighted by Gasteiger charge is 2.14. The molecule has 0 spiro atoms. The van der Waals surface area contributed by atoms with Gasteiger partial charge in [-0.15, -0.1) is 0 Å². The van der Waals surface area contributed by atoms with Crippen LogP contribution in [-0.2, 0) is 0 Å². The Balaban J connectivity index is 1.03. The number of fused-ring (bicyclic) bond motifs is 3. The van der Waals surface area contributed by atoms with E-state index in [1.807, 2.05) is 30.3 Å². The van der Waals surface area contributed by atoms with E-state index in [0.29, 0.717) is 17.5 Å². The largest absolute Gasteiger partial charge is 0.208 e. The van der Waals surface area contributed by atoms with E-state index < -0.39 is 0 Å². The molecule has 1 aromatic heterocycles. The summed E-state index contributed by atoms with van der Waals surface area (Å²) in [6.45, 7) is 0. The first kappa shape index (κ1) is 31.5. The second-order valence-electron chi connectivity index (χ2n) is 13.7. The minimum absolute atomic E-state index is 0.643. The first-order valence-electron chi connectivity index (χ1n) is 18.3. The fourth-order valence-corrected chi connectivity index (χ4v) is 7.46. The van der Waals surface area contributed by atoms with Crippen molar-refractivity contribution in [3.05, 3.63) is 200 Å². The molecule has 0 unspecified atom stereocenters. The van der Waals surface area contributed by atoms with Gasteiger partial charge in [-0.1, -0.05) is 164 Å². The number of hydrogen-bond acceptors (Lipinski definition) is 3. The van der Waals surface area contributed by atoms with Gasteiger partial charge in [0.05, 0.1) is 0 Å². The standard InChI is InChI=1S/C51H33N3/c1-3-12-34(13-4-1)46-32-42-18-9-10-21-47(42)48(33-46)43-26-25-40-28-39(23-24-41(40)29-43)38-19-11-20-44(31-38)50-52-49(36-15-5-2-6-16-36)53-51(54-50)45-27-22-35-14-7-8-17-37(35)30-45/h1-33H. The van der Waals surface area contributed by atoms with E-state index in [1.54, 1.807) is 0 Å². The van der Waals surface area contributed by atoms with Crippen molar-refractivity contribution in [3.63, 3.8) is 0 Å². The van der Waals surface area contributed by atoms with Gasteiger partial charge in [-0.3, -0.25) is 0 Å². The van der Waals surface area contributed by atoms with Crippen molar-refractivity contribution in [1.29, 1.82) is 0 Å². The first-order chi connectivity index (χ1) is 26.7. The summed E-state index contributed by atoms with van der Waals surface area (Å²) >= 11 is 0. The molecule has 3 nitrogen and oxygen atoms in total. The zero-order chi connectivity index (χ0) is 35.8. The third-order valence-corrected chi connectivity index (χ3v) is 10.2. The van der Waals surface area contributed by atoms with Crippen LogP contribution in [0.1, 0.15) is 0 Å². The monoisotopic (exact) mass is 687 g/mol. The van der Waals surface area contributed by atoms with Gasteiger partial charge in [0, 0.05) is 16.7 Å². The predicted octanol–water partition coefficient (Wildman–Crippen LogP) is 13.3. The Hall–Kier alpha value is -7.23. The third-order valence-electron chi connectivity index (χ3n) is 10.2. The van der Waals surface area contributed by atoms with Crippen molar-refractivity contribution in [2.75, 3.05) is 0 Å². The van der Waals surface area contributed by atoms with Gasteiger partial charge in [0.25, 0.3) is 0 Å². The van der Waals surface area contributed by atoms with Gasteiger partial charge in [0.1, 0.15) is 0 Å². The van der Waals surface area contributed by atoms with Gasteiger partial charge in [-0.25, -0.2) is 15.0 Å². The summed E-state index contributed by atoms with van der Waals surface area (Å²) in [5, 5.41) is 7.22. The molecular formula is C51H33N3. The van der Waals surface area contributed by atoms with Crippen molar-refractivity contribution in [3.8, 4) is 67.5 Å². The van der Waals surface area contributed by atoms with Crippen LogP contribution in [0.3, 0.4) is 0 Å². The highest BCUT2D eigenvalue weighted by atomic mass is 15.0. The Morgan fingerprint density at radius 3 is 1.43 bits per heavy atom. The van der Waals surface area contributed by atoms with Crippen LogP contribution < -0.4 is 0 Å². The van der Waals surface area contributed by atoms with E-state index >= 15 is 0 Å². The maximum atomic E-state index is 5.05.